The van der Waals surface area contributed by atoms with Gasteiger partial charge in [0.1, 0.15) is 6.04 Å². The zero-order valence-electron chi connectivity index (χ0n) is 8.05. The number of nitriles is 1. The van der Waals surface area contributed by atoms with E-state index in [-0.39, 0.29) is 6.04 Å². The van der Waals surface area contributed by atoms with Gasteiger partial charge in [-0.05, 0) is 18.2 Å². The molecule has 0 spiro atoms. The predicted octanol–water partition coefficient (Wildman–Crippen LogP) is 2.96. The first-order valence-electron chi connectivity index (χ1n) is 4.63. The second-order valence-electron chi connectivity index (χ2n) is 3.13. The van der Waals surface area contributed by atoms with E-state index in [0.29, 0.717) is 0 Å². The van der Waals surface area contributed by atoms with Crippen molar-refractivity contribution in [3.8, 4) is 6.07 Å². The van der Waals surface area contributed by atoms with Crippen molar-refractivity contribution in [3.05, 3.63) is 54.5 Å². The van der Waals surface area contributed by atoms with E-state index >= 15 is 0 Å². The van der Waals surface area contributed by atoms with Crippen molar-refractivity contribution < 1.29 is 4.42 Å². The summed E-state index contributed by atoms with van der Waals surface area (Å²) < 4.78 is 4.94. The lowest BCUT2D eigenvalue weighted by molar-refractivity contribution is 0.563. The van der Waals surface area contributed by atoms with Gasteiger partial charge < -0.3 is 9.73 Å². The topological polar surface area (TPSA) is 49.0 Å². The minimum atomic E-state index is -0.369. The maximum atomic E-state index is 9.00. The van der Waals surface area contributed by atoms with Crippen LogP contribution >= 0.6 is 0 Å². The van der Waals surface area contributed by atoms with Crippen molar-refractivity contribution in [1.29, 1.82) is 5.26 Å². The molecule has 1 aromatic carbocycles. The molecule has 0 fully saturated rings. The van der Waals surface area contributed by atoms with Crippen LogP contribution in [0.3, 0.4) is 0 Å². The largest absolute Gasteiger partial charge is 0.472 e. The van der Waals surface area contributed by atoms with Crippen molar-refractivity contribution in [2.75, 3.05) is 5.32 Å². The SMILES string of the molecule is N#CC(Nc1ccccc1)c1ccoc1. The van der Waals surface area contributed by atoms with Gasteiger partial charge >= 0.3 is 0 Å². The van der Waals surface area contributed by atoms with Crippen LogP contribution in [0.4, 0.5) is 5.69 Å². The van der Waals surface area contributed by atoms with Gasteiger partial charge in [-0.1, -0.05) is 18.2 Å². The molecule has 0 aliphatic carbocycles. The maximum Gasteiger partial charge on any atom is 0.143 e. The molecule has 0 aliphatic rings. The standard InChI is InChI=1S/C12H10N2O/c13-8-12(10-6-7-15-9-10)14-11-4-2-1-3-5-11/h1-7,9,12,14H. The first-order chi connectivity index (χ1) is 7.40. The number of hydrogen-bond acceptors (Lipinski definition) is 3. The van der Waals surface area contributed by atoms with Crippen LogP contribution < -0.4 is 5.32 Å². The molecule has 0 radical (unpaired) electrons. The Morgan fingerprint density at radius 3 is 2.60 bits per heavy atom. The summed E-state index contributed by atoms with van der Waals surface area (Å²) >= 11 is 0. The minimum Gasteiger partial charge on any atom is -0.472 e. The average Bonchev–Trinajstić information content (AvgIpc) is 2.81. The van der Waals surface area contributed by atoms with E-state index in [1.807, 2.05) is 30.3 Å². The number of nitrogens with one attached hydrogen (secondary N) is 1. The molecule has 1 unspecified atom stereocenters. The Hall–Kier alpha value is -2.21. The Balaban J connectivity index is 2.14. The smallest absolute Gasteiger partial charge is 0.143 e. The number of para-hydroxylation sites is 1. The van der Waals surface area contributed by atoms with Gasteiger partial charge in [0, 0.05) is 11.3 Å². The first-order valence-corrected chi connectivity index (χ1v) is 4.63. The lowest BCUT2D eigenvalue weighted by Gasteiger charge is -2.10. The monoisotopic (exact) mass is 198 g/mol. The number of furan rings is 1. The quantitative estimate of drug-likeness (QED) is 0.824. The number of hydrogen-bond donors (Lipinski definition) is 1. The molecule has 1 atom stereocenters. The van der Waals surface area contributed by atoms with E-state index in [1.165, 1.54) is 0 Å². The van der Waals surface area contributed by atoms with Crippen LogP contribution in [0, 0.1) is 11.3 Å². The van der Waals surface area contributed by atoms with Gasteiger partial charge in [-0.15, -0.1) is 0 Å². The second-order valence-corrected chi connectivity index (χ2v) is 3.13. The summed E-state index contributed by atoms with van der Waals surface area (Å²) in [6.07, 6.45) is 3.14. The summed E-state index contributed by atoms with van der Waals surface area (Å²) in [6.45, 7) is 0. The molecule has 1 aromatic heterocycles. The zero-order chi connectivity index (χ0) is 10.5. The molecule has 1 heterocycles. The van der Waals surface area contributed by atoms with Crippen molar-refractivity contribution in [2.45, 2.75) is 6.04 Å². The Morgan fingerprint density at radius 2 is 2.00 bits per heavy atom. The highest BCUT2D eigenvalue weighted by atomic mass is 16.3. The van der Waals surface area contributed by atoms with Gasteiger partial charge in [0.25, 0.3) is 0 Å². The fourth-order valence-electron chi connectivity index (χ4n) is 1.33. The van der Waals surface area contributed by atoms with Crippen molar-refractivity contribution in [3.63, 3.8) is 0 Å². The molecule has 0 aliphatic heterocycles. The van der Waals surface area contributed by atoms with Gasteiger partial charge in [-0.2, -0.15) is 5.26 Å². The minimum absolute atomic E-state index is 0.369. The first kappa shape index (κ1) is 9.35. The van der Waals surface area contributed by atoms with Gasteiger partial charge in [0.15, 0.2) is 0 Å². The van der Waals surface area contributed by atoms with E-state index in [0.717, 1.165) is 11.3 Å². The van der Waals surface area contributed by atoms with E-state index in [9.17, 15) is 0 Å². The fraction of sp³-hybridized carbons (Fsp3) is 0.0833. The summed E-state index contributed by atoms with van der Waals surface area (Å²) in [7, 11) is 0. The van der Waals surface area contributed by atoms with Gasteiger partial charge in [-0.25, -0.2) is 0 Å². The predicted molar refractivity (Wildman–Crippen MR) is 57.1 cm³/mol. The summed E-state index contributed by atoms with van der Waals surface area (Å²) in [6, 6.07) is 13.2. The third-order valence-corrected chi connectivity index (χ3v) is 2.09. The van der Waals surface area contributed by atoms with Crippen molar-refractivity contribution >= 4 is 5.69 Å². The molecule has 2 rings (SSSR count). The highest BCUT2D eigenvalue weighted by molar-refractivity contribution is 5.46. The Kier molecular flexibility index (Phi) is 2.70. The molecule has 74 valence electrons. The lowest BCUT2D eigenvalue weighted by Crippen LogP contribution is -2.06. The molecule has 2 aromatic rings. The lowest BCUT2D eigenvalue weighted by atomic mass is 10.1. The third-order valence-electron chi connectivity index (χ3n) is 2.09. The molecule has 0 amide bonds. The molecule has 3 heteroatoms. The van der Waals surface area contributed by atoms with Crippen molar-refractivity contribution in [1.82, 2.24) is 0 Å². The molecule has 0 saturated heterocycles. The number of anilines is 1. The number of nitrogens with zero attached hydrogens (tertiary/aromatic N) is 1. The van der Waals surface area contributed by atoms with Gasteiger partial charge in [-0.3, -0.25) is 0 Å². The van der Waals surface area contributed by atoms with E-state index in [1.54, 1.807) is 18.6 Å². The summed E-state index contributed by atoms with van der Waals surface area (Å²) in [5.41, 5.74) is 1.76. The number of benzene rings is 1. The Morgan fingerprint density at radius 1 is 1.20 bits per heavy atom. The second kappa shape index (κ2) is 4.34. The molecular weight excluding hydrogens is 188 g/mol. The van der Waals surface area contributed by atoms with Gasteiger partial charge in [0.05, 0.1) is 18.6 Å². The van der Waals surface area contributed by atoms with Crippen molar-refractivity contribution in [2.24, 2.45) is 0 Å². The van der Waals surface area contributed by atoms with Gasteiger partial charge in [0.2, 0.25) is 0 Å². The zero-order valence-corrected chi connectivity index (χ0v) is 8.05. The molecule has 1 N–H and O–H groups in total. The number of rotatable bonds is 3. The third kappa shape index (κ3) is 2.18. The van der Waals surface area contributed by atoms with Crippen LogP contribution in [0.2, 0.25) is 0 Å². The highest BCUT2D eigenvalue weighted by Gasteiger charge is 2.10. The van der Waals surface area contributed by atoms with Crippen LogP contribution in [0.15, 0.2) is 53.3 Å². The van der Waals surface area contributed by atoms with Crippen LogP contribution in [0.5, 0.6) is 0 Å². The normalized spacial score (nSPS) is 11.7. The van der Waals surface area contributed by atoms with E-state index < -0.39 is 0 Å². The summed E-state index contributed by atoms with van der Waals surface area (Å²) in [5.74, 6) is 0. The van der Waals surface area contributed by atoms with Crippen LogP contribution in [0.1, 0.15) is 11.6 Å². The molecular formula is C12H10N2O. The summed E-state index contributed by atoms with van der Waals surface area (Å²) in [4.78, 5) is 0. The average molecular weight is 198 g/mol. The molecule has 15 heavy (non-hydrogen) atoms. The van der Waals surface area contributed by atoms with E-state index in [4.69, 9.17) is 9.68 Å². The van der Waals surface area contributed by atoms with Crippen LogP contribution in [0.25, 0.3) is 0 Å². The molecule has 3 nitrogen and oxygen atoms in total. The molecule has 0 bridgehead atoms. The highest BCUT2D eigenvalue weighted by Crippen LogP contribution is 2.18. The van der Waals surface area contributed by atoms with Crippen LogP contribution in [-0.2, 0) is 0 Å². The molecule has 0 saturated carbocycles. The Labute approximate surface area is 88.0 Å². The fourth-order valence-corrected chi connectivity index (χ4v) is 1.33. The Bertz CT molecular complexity index is 442. The van der Waals surface area contributed by atoms with Crippen LogP contribution in [-0.4, -0.2) is 0 Å². The maximum absolute atomic E-state index is 9.00. The summed E-state index contributed by atoms with van der Waals surface area (Å²) in [5, 5.41) is 12.1. The van der Waals surface area contributed by atoms with E-state index in [2.05, 4.69) is 11.4 Å².